The number of carbonyl (C=O) groups is 2. The third kappa shape index (κ3) is 4.21. The number of carboxylic acids is 1. The summed E-state index contributed by atoms with van der Waals surface area (Å²) >= 11 is 0. The Bertz CT molecular complexity index is 493. The van der Waals surface area contributed by atoms with Gasteiger partial charge in [-0.15, -0.1) is 0 Å². The Morgan fingerprint density at radius 1 is 1.14 bits per heavy atom. The molecule has 1 aromatic rings. The summed E-state index contributed by atoms with van der Waals surface area (Å²) in [6, 6.07) is 7.60. The first-order valence-corrected chi connectivity index (χ1v) is 7.40. The summed E-state index contributed by atoms with van der Waals surface area (Å²) < 4.78 is 0. The highest BCUT2D eigenvalue weighted by molar-refractivity contribution is 5.94. The first kappa shape index (κ1) is 15.4. The summed E-state index contributed by atoms with van der Waals surface area (Å²) in [5.74, 6) is -1.03. The van der Waals surface area contributed by atoms with Crippen molar-refractivity contribution < 1.29 is 14.7 Å². The quantitative estimate of drug-likeness (QED) is 0.903. The van der Waals surface area contributed by atoms with Gasteiger partial charge in [-0.3, -0.25) is 9.59 Å². The zero-order valence-corrected chi connectivity index (χ0v) is 12.4. The molecule has 0 aliphatic carbocycles. The standard InChI is InChI=1S/C16H22N2O3/c1-17(12-9-15(19)20)16(21)13-5-7-14(8-6-13)18-10-3-2-4-11-18/h5-8H,2-4,9-12H2,1H3,(H,19,20). The summed E-state index contributed by atoms with van der Waals surface area (Å²) in [6.45, 7) is 2.37. The Morgan fingerprint density at radius 2 is 1.76 bits per heavy atom. The number of benzene rings is 1. The number of anilines is 1. The molecule has 0 radical (unpaired) electrons. The number of hydrogen-bond donors (Lipinski definition) is 1. The molecule has 5 nitrogen and oxygen atoms in total. The van der Waals surface area contributed by atoms with Crippen LogP contribution in [-0.2, 0) is 4.79 Å². The summed E-state index contributed by atoms with van der Waals surface area (Å²) in [5, 5.41) is 8.65. The Morgan fingerprint density at radius 3 is 2.33 bits per heavy atom. The maximum absolute atomic E-state index is 12.2. The normalized spacial score (nSPS) is 14.8. The van der Waals surface area contributed by atoms with Crippen LogP contribution in [0.2, 0.25) is 0 Å². The molecule has 1 heterocycles. The number of amides is 1. The summed E-state index contributed by atoms with van der Waals surface area (Å²) in [7, 11) is 1.63. The molecule has 0 bridgehead atoms. The average molecular weight is 290 g/mol. The summed E-state index contributed by atoms with van der Waals surface area (Å²) in [6.07, 6.45) is 3.70. The van der Waals surface area contributed by atoms with E-state index in [1.54, 1.807) is 7.05 Å². The van der Waals surface area contributed by atoms with Crippen LogP contribution >= 0.6 is 0 Å². The second-order valence-electron chi connectivity index (χ2n) is 5.47. The van der Waals surface area contributed by atoms with Crippen molar-refractivity contribution in [2.24, 2.45) is 0 Å². The van der Waals surface area contributed by atoms with E-state index in [1.165, 1.54) is 24.2 Å². The molecule has 0 unspecified atom stereocenters. The topological polar surface area (TPSA) is 60.9 Å². The molecule has 2 rings (SSSR count). The van der Waals surface area contributed by atoms with Crippen molar-refractivity contribution in [2.75, 3.05) is 31.6 Å². The van der Waals surface area contributed by atoms with E-state index in [-0.39, 0.29) is 18.9 Å². The van der Waals surface area contributed by atoms with Gasteiger partial charge in [0.2, 0.25) is 0 Å². The fraction of sp³-hybridized carbons (Fsp3) is 0.500. The highest BCUT2D eigenvalue weighted by Gasteiger charge is 2.14. The SMILES string of the molecule is CN(CCC(=O)O)C(=O)c1ccc(N2CCCCC2)cc1. The Balaban J connectivity index is 1.97. The molecule has 1 N–H and O–H groups in total. The van der Waals surface area contributed by atoms with Crippen LogP contribution in [0.25, 0.3) is 0 Å². The van der Waals surface area contributed by atoms with Crippen LogP contribution < -0.4 is 4.90 Å². The fourth-order valence-corrected chi connectivity index (χ4v) is 2.55. The molecule has 21 heavy (non-hydrogen) atoms. The molecule has 0 aromatic heterocycles. The molecule has 1 saturated heterocycles. The van der Waals surface area contributed by atoms with Crippen molar-refractivity contribution in [1.29, 1.82) is 0 Å². The number of piperidine rings is 1. The molecule has 1 amide bonds. The predicted molar refractivity (Wildman–Crippen MR) is 81.7 cm³/mol. The van der Waals surface area contributed by atoms with Gasteiger partial charge in [-0.1, -0.05) is 0 Å². The molecule has 114 valence electrons. The second kappa shape index (κ2) is 7.11. The second-order valence-corrected chi connectivity index (χ2v) is 5.47. The minimum absolute atomic E-state index is 0.0336. The Hall–Kier alpha value is -2.04. The maximum Gasteiger partial charge on any atom is 0.305 e. The number of carboxylic acid groups (broad SMARTS) is 1. The molecule has 1 fully saturated rings. The van der Waals surface area contributed by atoms with E-state index in [4.69, 9.17) is 5.11 Å². The van der Waals surface area contributed by atoms with Crippen LogP contribution in [-0.4, -0.2) is 48.6 Å². The lowest BCUT2D eigenvalue weighted by molar-refractivity contribution is -0.137. The average Bonchev–Trinajstić information content (AvgIpc) is 2.53. The smallest absolute Gasteiger partial charge is 0.305 e. The molecule has 0 saturated carbocycles. The molecule has 1 aliphatic rings. The van der Waals surface area contributed by atoms with Gasteiger partial charge in [-0.25, -0.2) is 0 Å². The van der Waals surface area contributed by atoms with Gasteiger partial charge < -0.3 is 14.9 Å². The zero-order chi connectivity index (χ0) is 15.2. The predicted octanol–water partition coefficient (Wildman–Crippen LogP) is 2.22. The van der Waals surface area contributed by atoms with Crippen LogP contribution in [0.3, 0.4) is 0 Å². The van der Waals surface area contributed by atoms with E-state index in [0.29, 0.717) is 5.56 Å². The van der Waals surface area contributed by atoms with Gasteiger partial charge in [0.05, 0.1) is 6.42 Å². The van der Waals surface area contributed by atoms with E-state index < -0.39 is 5.97 Å². The van der Waals surface area contributed by atoms with Crippen LogP contribution in [0.4, 0.5) is 5.69 Å². The molecule has 0 atom stereocenters. The number of aliphatic carboxylic acids is 1. The van der Waals surface area contributed by atoms with Crippen LogP contribution in [0.5, 0.6) is 0 Å². The molecular weight excluding hydrogens is 268 g/mol. The lowest BCUT2D eigenvalue weighted by Gasteiger charge is -2.29. The highest BCUT2D eigenvalue weighted by atomic mass is 16.4. The number of nitrogens with zero attached hydrogens (tertiary/aromatic N) is 2. The molecular formula is C16H22N2O3. The maximum atomic E-state index is 12.2. The molecule has 1 aromatic carbocycles. The summed E-state index contributed by atoms with van der Waals surface area (Å²) in [4.78, 5) is 26.5. The van der Waals surface area contributed by atoms with Crippen molar-refractivity contribution in [2.45, 2.75) is 25.7 Å². The molecule has 1 aliphatic heterocycles. The largest absolute Gasteiger partial charge is 0.481 e. The minimum atomic E-state index is -0.893. The van der Waals surface area contributed by atoms with Gasteiger partial charge in [-0.05, 0) is 43.5 Å². The Kier molecular flexibility index (Phi) is 5.20. The first-order chi connectivity index (χ1) is 10.1. The van der Waals surface area contributed by atoms with Gasteiger partial charge >= 0.3 is 5.97 Å². The van der Waals surface area contributed by atoms with Gasteiger partial charge in [0.1, 0.15) is 0 Å². The minimum Gasteiger partial charge on any atom is -0.481 e. The lowest BCUT2D eigenvalue weighted by Crippen LogP contribution is -2.30. The van der Waals surface area contributed by atoms with Gasteiger partial charge in [-0.2, -0.15) is 0 Å². The van der Waals surface area contributed by atoms with Gasteiger partial charge in [0, 0.05) is 37.9 Å². The third-order valence-corrected chi connectivity index (χ3v) is 3.84. The van der Waals surface area contributed by atoms with Crippen molar-refractivity contribution in [3.05, 3.63) is 29.8 Å². The monoisotopic (exact) mass is 290 g/mol. The lowest BCUT2D eigenvalue weighted by atomic mass is 10.1. The number of hydrogen-bond acceptors (Lipinski definition) is 3. The van der Waals surface area contributed by atoms with Crippen molar-refractivity contribution in [3.63, 3.8) is 0 Å². The van der Waals surface area contributed by atoms with E-state index in [0.717, 1.165) is 18.8 Å². The van der Waals surface area contributed by atoms with E-state index in [1.807, 2.05) is 24.3 Å². The zero-order valence-electron chi connectivity index (χ0n) is 12.4. The fourth-order valence-electron chi connectivity index (χ4n) is 2.55. The summed E-state index contributed by atoms with van der Waals surface area (Å²) in [5.41, 5.74) is 1.75. The van der Waals surface area contributed by atoms with Crippen molar-refractivity contribution in [1.82, 2.24) is 4.90 Å². The van der Waals surface area contributed by atoms with Gasteiger partial charge in [0.15, 0.2) is 0 Å². The van der Waals surface area contributed by atoms with Crippen LogP contribution in [0.15, 0.2) is 24.3 Å². The molecule has 0 spiro atoms. The van der Waals surface area contributed by atoms with Crippen molar-refractivity contribution >= 4 is 17.6 Å². The number of rotatable bonds is 5. The Labute approximate surface area is 125 Å². The third-order valence-electron chi connectivity index (χ3n) is 3.84. The van der Waals surface area contributed by atoms with Crippen molar-refractivity contribution in [3.8, 4) is 0 Å². The van der Waals surface area contributed by atoms with Crippen LogP contribution in [0.1, 0.15) is 36.0 Å². The van der Waals surface area contributed by atoms with E-state index in [2.05, 4.69) is 4.90 Å². The first-order valence-electron chi connectivity index (χ1n) is 7.40. The van der Waals surface area contributed by atoms with E-state index >= 15 is 0 Å². The molecule has 5 heteroatoms. The van der Waals surface area contributed by atoms with E-state index in [9.17, 15) is 9.59 Å². The highest BCUT2D eigenvalue weighted by Crippen LogP contribution is 2.20. The van der Waals surface area contributed by atoms with Crippen LogP contribution in [0, 0.1) is 0 Å². The number of carbonyl (C=O) groups excluding carboxylic acids is 1. The van der Waals surface area contributed by atoms with Gasteiger partial charge in [0.25, 0.3) is 5.91 Å².